The minimum atomic E-state index is -1.13. The summed E-state index contributed by atoms with van der Waals surface area (Å²) >= 11 is 17.7. The van der Waals surface area contributed by atoms with Gasteiger partial charge in [-0.15, -0.1) is 0 Å². The first-order valence-electron chi connectivity index (χ1n) is 4.85. The number of hydrogen-bond acceptors (Lipinski definition) is 2. The van der Waals surface area contributed by atoms with E-state index >= 15 is 0 Å². The van der Waals surface area contributed by atoms with Gasteiger partial charge >= 0.3 is 5.97 Å². The predicted molar refractivity (Wildman–Crippen MR) is 71.7 cm³/mol. The molecule has 1 N–H and O–H groups in total. The Labute approximate surface area is 118 Å². The lowest BCUT2D eigenvalue weighted by Gasteiger charge is -2.06. The van der Waals surface area contributed by atoms with Crippen LogP contribution in [0, 0.1) is 0 Å². The minimum absolute atomic E-state index is 0.0569. The van der Waals surface area contributed by atoms with Gasteiger partial charge < -0.3 is 5.11 Å². The third kappa shape index (κ3) is 2.43. The van der Waals surface area contributed by atoms with Crippen LogP contribution in [0.2, 0.25) is 15.2 Å². The molecule has 0 aliphatic heterocycles. The lowest BCUT2D eigenvalue weighted by atomic mass is 10.1. The number of aromatic nitrogens is 1. The lowest BCUT2D eigenvalue weighted by Crippen LogP contribution is -1.99. The number of aromatic carboxylic acids is 1. The van der Waals surface area contributed by atoms with Crippen molar-refractivity contribution in [3.8, 4) is 11.3 Å². The van der Waals surface area contributed by atoms with Crippen LogP contribution >= 0.6 is 34.8 Å². The molecule has 2 rings (SSSR count). The number of hydrogen-bond donors (Lipinski definition) is 1. The highest BCUT2D eigenvalue weighted by Gasteiger charge is 2.13. The number of rotatable bonds is 2. The Morgan fingerprint density at radius 2 is 1.83 bits per heavy atom. The number of carboxylic acid groups (broad SMARTS) is 1. The van der Waals surface area contributed by atoms with E-state index in [0.717, 1.165) is 0 Å². The van der Waals surface area contributed by atoms with Gasteiger partial charge in [-0.2, -0.15) is 0 Å². The standard InChI is InChI=1S/C12H6Cl3NO2/c13-8-3-1-2-6(10(8)14)9-5-4-7(12(17)18)11(15)16-9/h1-5H,(H,17,18). The molecule has 1 heterocycles. The van der Waals surface area contributed by atoms with E-state index < -0.39 is 5.97 Å². The Kier molecular flexibility index (Phi) is 3.76. The van der Waals surface area contributed by atoms with Crippen molar-refractivity contribution in [1.82, 2.24) is 4.98 Å². The van der Waals surface area contributed by atoms with Gasteiger partial charge in [0.15, 0.2) is 0 Å². The van der Waals surface area contributed by atoms with Gasteiger partial charge in [0.05, 0.1) is 21.3 Å². The number of carboxylic acids is 1. The number of pyridine rings is 1. The molecular weight excluding hydrogens is 296 g/mol. The van der Waals surface area contributed by atoms with E-state index in [4.69, 9.17) is 39.9 Å². The molecule has 0 unspecified atom stereocenters. The molecule has 0 amide bonds. The maximum absolute atomic E-state index is 10.8. The van der Waals surface area contributed by atoms with Crippen molar-refractivity contribution < 1.29 is 9.90 Å². The third-order valence-electron chi connectivity index (χ3n) is 2.31. The molecule has 0 aliphatic carbocycles. The van der Waals surface area contributed by atoms with Gasteiger partial charge in [0.2, 0.25) is 0 Å². The van der Waals surface area contributed by atoms with E-state index in [1.54, 1.807) is 18.2 Å². The van der Waals surface area contributed by atoms with Crippen LogP contribution in [0.3, 0.4) is 0 Å². The molecule has 18 heavy (non-hydrogen) atoms. The molecule has 0 spiro atoms. The normalized spacial score (nSPS) is 10.4. The summed E-state index contributed by atoms with van der Waals surface area (Å²) in [6.07, 6.45) is 0. The number of benzene rings is 1. The second-order valence-electron chi connectivity index (χ2n) is 3.44. The van der Waals surface area contributed by atoms with Gasteiger partial charge in [-0.3, -0.25) is 0 Å². The smallest absolute Gasteiger partial charge is 0.338 e. The first kappa shape index (κ1) is 13.1. The van der Waals surface area contributed by atoms with Crippen molar-refractivity contribution in [2.75, 3.05) is 0 Å². The van der Waals surface area contributed by atoms with Crippen LogP contribution in [0.1, 0.15) is 10.4 Å². The van der Waals surface area contributed by atoms with Crippen molar-refractivity contribution >= 4 is 40.8 Å². The predicted octanol–water partition coefficient (Wildman–Crippen LogP) is 4.41. The first-order valence-corrected chi connectivity index (χ1v) is 5.98. The van der Waals surface area contributed by atoms with Crippen LogP contribution in [0.5, 0.6) is 0 Å². The van der Waals surface area contributed by atoms with Crippen LogP contribution in [0.15, 0.2) is 30.3 Å². The topological polar surface area (TPSA) is 50.2 Å². The summed E-state index contributed by atoms with van der Waals surface area (Å²) in [6, 6.07) is 8.02. The Bertz CT molecular complexity index is 629. The van der Waals surface area contributed by atoms with E-state index in [1.165, 1.54) is 12.1 Å². The summed E-state index contributed by atoms with van der Waals surface area (Å²) in [5.41, 5.74) is 1.01. The quantitative estimate of drug-likeness (QED) is 0.836. The molecule has 1 aromatic heterocycles. The maximum Gasteiger partial charge on any atom is 0.338 e. The summed E-state index contributed by atoms with van der Waals surface area (Å²) in [5.74, 6) is -1.13. The van der Waals surface area contributed by atoms with Crippen LogP contribution in [-0.2, 0) is 0 Å². The zero-order valence-corrected chi connectivity index (χ0v) is 11.1. The van der Waals surface area contributed by atoms with Gasteiger partial charge in [0, 0.05) is 5.56 Å². The van der Waals surface area contributed by atoms with Gasteiger partial charge in [-0.25, -0.2) is 9.78 Å². The monoisotopic (exact) mass is 301 g/mol. The van der Waals surface area contributed by atoms with Crippen molar-refractivity contribution in [3.63, 3.8) is 0 Å². The molecule has 0 saturated heterocycles. The van der Waals surface area contributed by atoms with Crippen molar-refractivity contribution in [3.05, 3.63) is 51.1 Å². The molecule has 6 heteroatoms. The Hall–Kier alpha value is -1.29. The van der Waals surface area contributed by atoms with Gasteiger partial charge in [-0.05, 0) is 18.2 Å². The fourth-order valence-corrected chi connectivity index (χ4v) is 2.08. The van der Waals surface area contributed by atoms with E-state index in [1.807, 2.05) is 0 Å². The summed E-state index contributed by atoms with van der Waals surface area (Å²) in [7, 11) is 0. The highest BCUT2D eigenvalue weighted by atomic mass is 35.5. The van der Waals surface area contributed by atoms with E-state index in [-0.39, 0.29) is 10.7 Å². The van der Waals surface area contributed by atoms with Gasteiger partial charge in [-0.1, -0.05) is 46.9 Å². The van der Waals surface area contributed by atoms with Crippen LogP contribution in [-0.4, -0.2) is 16.1 Å². The zero-order valence-electron chi connectivity index (χ0n) is 8.82. The number of carbonyl (C=O) groups is 1. The molecule has 0 radical (unpaired) electrons. The van der Waals surface area contributed by atoms with Crippen molar-refractivity contribution in [1.29, 1.82) is 0 Å². The zero-order chi connectivity index (χ0) is 13.3. The minimum Gasteiger partial charge on any atom is -0.478 e. The molecule has 0 aliphatic rings. The van der Waals surface area contributed by atoms with E-state index in [0.29, 0.717) is 21.3 Å². The van der Waals surface area contributed by atoms with Gasteiger partial charge in [0.1, 0.15) is 5.15 Å². The molecule has 0 fully saturated rings. The fraction of sp³-hybridized carbons (Fsp3) is 0. The lowest BCUT2D eigenvalue weighted by molar-refractivity contribution is 0.0696. The molecular formula is C12H6Cl3NO2. The Morgan fingerprint density at radius 3 is 2.44 bits per heavy atom. The summed E-state index contributed by atoms with van der Waals surface area (Å²) in [4.78, 5) is 14.8. The summed E-state index contributed by atoms with van der Waals surface area (Å²) in [5, 5.41) is 9.52. The molecule has 1 aromatic carbocycles. The van der Waals surface area contributed by atoms with E-state index in [9.17, 15) is 4.79 Å². The maximum atomic E-state index is 10.8. The second-order valence-corrected chi connectivity index (χ2v) is 4.58. The highest BCUT2D eigenvalue weighted by Crippen LogP contribution is 2.33. The highest BCUT2D eigenvalue weighted by molar-refractivity contribution is 6.43. The van der Waals surface area contributed by atoms with Crippen LogP contribution in [0.4, 0.5) is 0 Å². The average molecular weight is 303 g/mol. The molecule has 92 valence electrons. The first-order chi connectivity index (χ1) is 8.50. The second kappa shape index (κ2) is 5.14. The third-order valence-corrected chi connectivity index (χ3v) is 3.41. The van der Waals surface area contributed by atoms with Crippen LogP contribution < -0.4 is 0 Å². The van der Waals surface area contributed by atoms with Gasteiger partial charge in [0.25, 0.3) is 0 Å². The largest absolute Gasteiger partial charge is 0.478 e. The number of halogens is 3. The summed E-state index contributed by atoms with van der Waals surface area (Å²) in [6.45, 7) is 0. The SMILES string of the molecule is O=C(O)c1ccc(-c2cccc(Cl)c2Cl)nc1Cl. The number of nitrogens with zero attached hydrogens (tertiary/aromatic N) is 1. The molecule has 0 atom stereocenters. The molecule has 0 bridgehead atoms. The van der Waals surface area contributed by atoms with Crippen molar-refractivity contribution in [2.45, 2.75) is 0 Å². The Morgan fingerprint density at radius 1 is 1.11 bits per heavy atom. The van der Waals surface area contributed by atoms with Crippen molar-refractivity contribution in [2.24, 2.45) is 0 Å². The van der Waals surface area contributed by atoms with E-state index in [2.05, 4.69) is 4.98 Å². The average Bonchev–Trinajstić information content (AvgIpc) is 2.32. The van der Waals surface area contributed by atoms with Crippen LogP contribution in [0.25, 0.3) is 11.3 Å². The fourth-order valence-electron chi connectivity index (χ4n) is 1.45. The summed E-state index contributed by atoms with van der Waals surface area (Å²) < 4.78 is 0. The molecule has 3 nitrogen and oxygen atoms in total. The Balaban J connectivity index is 2.56. The molecule has 2 aromatic rings. The molecule has 0 saturated carbocycles.